The molecule has 160 valence electrons. The summed E-state index contributed by atoms with van der Waals surface area (Å²) in [6.07, 6.45) is 1.70. The number of nitrogens with one attached hydrogen (secondary N) is 1. The highest BCUT2D eigenvalue weighted by atomic mass is 79.9. The summed E-state index contributed by atoms with van der Waals surface area (Å²) in [4.78, 5) is 7.41. The maximum absolute atomic E-state index is 13.5. The van der Waals surface area contributed by atoms with E-state index in [1.807, 2.05) is 49.4 Å². The normalized spacial score (nSPS) is 11.4. The van der Waals surface area contributed by atoms with Crippen LogP contribution < -0.4 is 9.47 Å². The van der Waals surface area contributed by atoms with Gasteiger partial charge in [0.25, 0.3) is 0 Å². The van der Waals surface area contributed by atoms with Gasteiger partial charge in [-0.25, -0.2) is 9.37 Å². The van der Waals surface area contributed by atoms with Crippen LogP contribution in [0.1, 0.15) is 23.9 Å². The Morgan fingerprint density at radius 1 is 1.12 bits per heavy atom. The Morgan fingerprint density at radius 3 is 2.66 bits per heavy atom. The lowest BCUT2D eigenvalue weighted by Gasteiger charge is -2.14. The highest BCUT2D eigenvalue weighted by Crippen LogP contribution is 2.36. The molecule has 0 amide bonds. The first-order valence-corrected chi connectivity index (χ1v) is 10.8. The van der Waals surface area contributed by atoms with E-state index in [1.165, 1.54) is 12.1 Å². The van der Waals surface area contributed by atoms with Crippen LogP contribution in [0.5, 0.6) is 11.5 Å². The number of imidazole rings is 1. The minimum absolute atomic E-state index is 0.308. The predicted molar refractivity (Wildman–Crippen MR) is 126 cm³/mol. The van der Waals surface area contributed by atoms with Crippen molar-refractivity contribution < 1.29 is 13.9 Å². The van der Waals surface area contributed by atoms with Crippen LogP contribution in [0.3, 0.4) is 0 Å². The third kappa shape index (κ3) is 4.82. The Balaban J connectivity index is 1.67. The van der Waals surface area contributed by atoms with Crippen LogP contribution in [0.4, 0.5) is 4.39 Å². The maximum Gasteiger partial charge on any atom is 0.162 e. The SMILES string of the molecule is CCOc1cc(/C=C(/C#N)c2nc3ccc(F)cc3[nH]2)c(Br)cc1OCc1ccccc1. The predicted octanol–water partition coefficient (Wildman–Crippen LogP) is 6.51. The fourth-order valence-corrected chi connectivity index (χ4v) is 3.63. The zero-order chi connectivity index (χ0) is 22.5. The van der Waals surface area contributed by atoms with Gasteiger partial charge in [-0.1, -0.05) is 46.3 Å². The number of halogens is 2. The van der Waals surface area contributed by atoms with Crippen molar-refractivity contribution in [1.29, 1.82) is 5.26 Å². The molecule has 4 aromatic rings. The number of nitriles is 1. The van der Waals surface area contributed by atoms with Crippen molar-refractivity contribution in [3.63, 3.8) is 0 Å². The minimum Gasteiger partial charge on any atom is -0.490 e. The second-order valence-corrected chi connectivity index (χ2v) is 7.80. The van der Waals surface area contributed by atoms with Gasteiger partial charge in [-0.05, 0) is 54.5 Å². The van der Waals surface area contributed by atoms with E-state index < -0.39 is 0 Å². The van der Waals surface area contributed by atoms with E-state index in [0.29, 0.717) is 47.1 Å². The number of nitrogens with zero attached hydrogens (tertiary/aromatic N) is 2. The molecular weight excluding hydrogens is 473 g/mol. The smallest absolute Gasteiger partial charge is 0.162 e. The van der Waals surface area contributed by atoms with Crippen molar-refractivity contribution in [3.05, 3.63) is 87.9 Å². The summed E-state index contributed by atoms with van der Waals surface area (Å²) >= 11 is 3.56. The number of H-pyrrole nitrogens is 1. The van der Waals surface area contributed by atoms with E-state index in [4.69, 9.17) is 9.47 Å². The summed E-state index contributed by atoms with van der Waals surface area (Å²) in [5, 5.41) is 9.73. The molecule has 0 fully saturated rings. The minimum atomic E-state index is -0.370. The first kappa shape index (κ1) is 21.6. The first-order valence-electron chi connectivity index (χ1n) is 9.98. The third-order valence-electron chi connectivity index (χ3n) is 4.72. The number of allylic oxidation sites excluding steroid dienone is 1. The Morgan fingerprint density at radius 2 is 1.91 bits per heavy atom. The van der Waals surface area contributed by atoms with Gasteiger partial charge in [0.1, 0.15) is 24.3 Å². The third-order valence-corrected chi connectivity index (χ3v) is 5.41. The van der Waals surface area contributed by atoms with Gasteiger partial charge < -0.3 is 14.5 Å². The highest BCUT2D eigenvalue weighted by molar-refractivity contribution is 9.10. The molecule has 0 saturated heterocycles. The molecule has 0 saturated carbocycles. The van der Waals surface area contributed by atoms with Crippen LogP contribution in [-0.2, 0) is 6.61 Å². The molecule has 0 unspecified atom stereocenters. The molecule has 0 atom stereocenters. The number of ether oxygens (including phenoxy) is 2. The van der Waals surface area contributed by atoms with Gasteiger partial charge in [0.15, 0.2) is 11.5 Å². The summed E-state index contributed by atoms with van der Waals surface area (Å²) in [6, 6.07) is 19.9. The number of rotatable bonds is 7. The van der Waals surface area contributed by atoms with Crippen molar-refractivity contribution in [1.82, 2.24) is 9.97 Å². The van der Waals surface area contributed by atoms with Gasteiger partial charge >= 0.3 is 0 Å². The molecule has 0 radical (unpaired) electrons. The van der Waals surface area contributed by atoms with E-state index in [2.05, 4.69) is 32.0 Å². The lowest BCUT2D eigenvalue weighted by Crippen LogP contribution is -2.00. The molecule has 1 aromatic heterocycles. The zero-order valence-corrected chi connectivity index (χ0v) is 18.8. The Labute approximate surface area is 193 Å². The summed E-state index contributed by atoms with van der Waals surface area (Å²) in [5.41, 5.74) is 3.19. The average Bonchev–Trinajstić information content (AvgIpc) is 3.21. The molecule has 0 aliphatic carbocycles. The molecule has 1 N–H and O–H groups in total. The Kier molecular flexibility index (Phi) is 6.52. The summed E-state index contributed by atoms with van der Waals surface area (Å²) in [6.45, 7) is 2.76. The molecular formula is C25H19BrFN3O2. The van der Waals surface area contributed by atoms with Gasteiger partial charge in [-0.2, -0.15) is 5.26 Å². The van der Waals surface area contributed by atoms with Gasteiger partial charge in [-0.15, -0.1) is 0 Å². The average molecular weight is 492 g/mol. The number of hydrogen-bond acceptors (Lipinski definition) is 4. The van der Waals surface area contributed by atoms with E-state index in [-0.39, 0.29) is 5.82 Å². The van der Waals surface area contributed by atoms with E-state index in [1.54, 1.807) is 12.1 Å². The van der Waals surface area contributed by atoms with Crippen molar-refractivity contribution in [2.24, 2.45) is 0 Å². The van der Waals surface area contributed by atoms with Crippen molar-refractivity contribution in [2.45, 2.75) is 13.5 Å². The van der Waals surface area contributed by atoms with Crippen molar-refractivity contribution in [3.8, 4) is 17.6 Å². The van der Waals surface area contributed by atoms with E-state index >= 15 is 0 Å². The summed E-state index contributed by atoms with van der Waals surface area (Å²) in [5.74, 6) is 1.16. The molecule has 5 nitrogen and oxygen atoms in total. The fraction of sp³-hybridized carbons (Fsp3) is 0.120. The van der Waals surface area contributed by atoms with Crippen LogP contribution >= 0.6 is 15.9 Å². The number of aromatic nitrogens is 2. The Hall–Kier alpha value is -3.63. The number of hydrogen-bond donors (Lipinski definition) is 1. The van der Waals surface area contributed by atoms with Crippen LogP contribution in [0.2, 0.25) is 0 Å². The zero-order valence-electron chi connectivity index (χ0n) is 17.2. The fourth-order valence-electron chi connectivity index (χ4n) is 3.20. The molecule has 3 aromatic carbocycles. The lowest BCUT2D eigenvalue weighted by molar-refractivity contribution is 0.269. The van der Waals surface area contributed by atoms with Gasteiger partial charge in [0.2, 0.25) is 0 Å². The molecule has 7 heteroatoms. The van der Waals surface area contributed by atoms with Gasteiger partial charge in [-0.3, -0.25) is 0 Å². The number of benzene rings is 3. The molecule has 0 aliphatic rings. The number of fused-ring (bicyclic) bond motifs is 1. The standard InChI is InChI=1S/C25H19BrFN3O2/c1-2-31-23-11-17(20(26)13-24(23)32-15-16-6-4-3-5-7-16)10-18(14-28)25-29-21-9-8-19(27)12-22(21)30-25/h3-13H,2,15H2,1H3,(H,29,30)/b18-10-. The second kappa shape index (κ2) is 9.67. The van der Waals surface area contributed by atoms with E-state index in [9.17, 15) is 9.65 Å². The van der Waals surface area contributed by atoms with Crippen LogP contribution in [0.15, 0.2) is 65.1 Å². The second-order valence-electron chi connectivity index (χ2n) is 6.94. The summed E-state index contributed by atoms with van der Waals surface area (Å²) in [7, 11) is 0. The van der Waals surface area contributed by atoms with Gasteiger partial charge in [0, 0.05) is 4.47 Å². The topological polar surface area (TPSA) is 70.9 Å². The van der Waals surface area contributed by atoms with Crippen LogP contribution in [0.25, 0.3) is 22.7 Å². The highest BCUT2D eigenvalue weighted by Gasteiger charge is 2.14. The van der Waals surface area contributed by atoms with Crippen LogP contribution in [0, 0.1) is 17.1 Å². The van der Waals surface area contributed by atoms with E-state index in [0.717, 1.165) is 15.6 Å². The van der Waals surface area contributed by atoms with Crippen molar-refractivity contribution >= 4 is 38.6 Å². The van der Waals surface area contributed by atoms with Crippen LogP contribution in [-0.4, -0.2) is 16.6 Å². The van der Waals surface area contributed by atoms with Crippen molar-refractivity contribution in [2.75, 3.05) is 6.61 Å². The summed E-state index contributed by atoms with van der Waals surface area (Å²) < 4.78 is 26.0. The molecule has 4 rings (SSSR count). The van der Waals surface area contributed by atoms with Gasteiger partial charge in [0.05, 0.1) is 23.2 Å². The largest absolute Gasteiger partial charge is 0.490 e. The molecule has 32 heavy (non-hydrogen) atoms. The number of aromatic amines is 1. The first-order chi connectivity index (χ1) is 15.6. The monoisotopic (exact) mass is 491 g/mol. The lowest BCUT2D eigenvalue weighted by atomic mass is 10.1. The molecule has 0 aliphatic heterocycles. The quantitative estimate of drug-likeness (QED) is 0.299. The molecule has 1 heterocycles. The molecule has 0 spiro atoms. The Bertz CT molecular complexity index is 1330. The molecule has 0 bridgehead atoms. The maximum atomic E-state index is 13.5.